The van der Waals surface area contributed by atoms with Crippen LogP contribution in [0.15, 0.2) is 24.3 Å². The maximum absolute atomic E-state index is 12.1. The summed E-state index contributed by atoms with van der Waals surface area (Å²) in [7, 11) is 1.66. The van der Waals surface area contributed by atoms with Gasteiger partial charge in [0.25, 0.3) is 0 Å². The molecule has 0 N–H and O–H groups in total. The van der Waals surface area contributed by atoms with Crippen molar-refractivity contribution < 1.29 is 9.53 Å². The second-order valence-corrected chi connectivity index (χ2v) is 5.34. The van der Waals surface area contributed by atoms with Gasteiger partial charge in [0.05, 0.1) is 6.61 Å². The SMILES string of the molecule is COCCN(CCBr)C(=O)CCc1cccc(C)c1. The number of halogens is 1. The molecule has 0 saturated heterocycles. The molecule has 0 fully saturated rings. The largest absolute Gasteiger partial charge is 0.383 e. The van der Waals surface area contributed by atoms with Gasteiger partial charge < -0.3 is 9.64 Å². The van der Waals surface area contributed by atoms with Gasteiger partial charge in [0, 0.05) is 32.0 Å². The quantitative estimate of drug-likeness (QED) is 0.687. The normalized spacial score (nSPS) is 10.5. The summed E-state index contributed by atoms with van der Waals surface area (Å²) in [6.07, 6.45) is 1.35. The minimum absolute atomic E-state index is 0.193. The Bertz CT molecular complexity index is 395. The van der Waals surface area contributed by atoms with Crippen LogP contribution in [0.1, 0.15) is 17.5 Å². The van der Waals surface area contributed by atoms with Crippen molar-refractivity contribution in [1.29, 1.82) is 0 Å². The summed E-state index contributed by atoms with van der Waals surface area (Å²) in [4.78, 5) is 14.0. The number of carbonyl (C=O) groups is 1. The molecule has 0 aromatic heterocycles. The highest BCUT2D eigenvalue weighted by Crippen LogP contribution is 2.08. The van der Waals surface area contributed by atoms with Gasteiger partial charge in [-0.05, 0) is 18.9 Å². The van der Waals surface area contributed by atoms with Crippen LogP contribution in [-0.4, -0.2) is 42.9 Å². The lowest BCUT2D eigenvalue weighted by molar-refractivity contribution is -0.131. The Morgan fingerprint density at radius 3 is 2.79 bits per heavy atom. The van der Waals surface area contributed by atoms with Gasteiger partial charge in [-0.3, -0.25) is 4.79 Å². The monoisotopic (exact) mass is 327 g/mol. The van der Waals surface area contributed by atoms with Crippen molar-refractivity contribution in [1.82, 2.24) is 4.90 Å². The van der Waals surface area contributed by atoms with Gasteiger partial charge in [-0.1, -0.05) is 45.8 Å². The van der Waals surface area contributed by atoms with E-state index in [1.165, 1.54) is 11.1 Å². The molecule has 0 aliphatic heterocycles. The van der Waals surface area contributed by atoms with E-state index in [4.69, 9.17) is 4.74 Å². The summed E-state index contributed by atoms with van der Waals surface area (Å²) < 4.78 is 5.04. The van der Waals surface area contributed by atoms with E-state index in [1.807, 2.05) is 11.0 Å². The molecule has 4 heteroatoms. The van der Waals surface area contributed by atoms with Gasteiger partial charge in [0.2, 0.25) is 5.91 Å². The van der Waals surface area contributed by atoms with Crippen LogP contribution in [0, 0.1) is 6.92 Å². The maximum Gasteiger partial charge on any atom is 0.223 e. The van der Waals surface area contributed by atoms with Crippen molar-refractivity contribution in [2.45, 2.75) is 19.8 Å². The van der Waals surface area contributed by atoms with Crippen molar-refractivity contribution in [3.05, 3.63) is 35.4 Å². The molecule has 0 atom stereocenters. The number of hydrogen-bond donors (Lipinski definition) is 0. The van der Waals surface area contributed by atoms with Crippen molar-refractivity contribution in [3.63, 3.8) is 0 Å². The van der Waals surface area contributed by atoms with Crippen LogP contribution in [0.4, 0.5) is 0 Å². The van der Waals surface area contributed by atoms with Crippen LogP contribution in [0.3, 0.4) is 0 Å². The molecule has 106 valence electrons. The Morgan fingerprint density at radius 1 is 1.37 bits per heavy atom. The summed E-state index contributed by atoms with van der Waals surface area (Å²) in [6, 6.07) is 8.32. The second kappa shape index (κ2) is 9.10. The lowest BCUT2D eigenvalue weighted by atomic mass is 10.1. The van der Waals surface area contributed by atoms with E-state index in [-0.39, 0.29) is 5.91 Å². The Hall–Kier alpha value is -0.870. The van der Waals surface area contributed by atoms with Gasteiger partial charge >= 0.3 is 0 Å². The number of amides is 1. The summed E-state index contributed by atoms with van der Waals surface area (Å²) in [5.41, 5.74) is 2.46. The average Bonchev–Trinajstić information content (AvgIpc) is 2.41. The van der Waals surface area contributed by atoms with Gasteiger partial charge in [-0.25, -0.2) is 0 Å². The zero-order chi connectivity index (χ0) is 14.1. The Kier molecular flexibility index (Phi) is 7.75. The predicted molar refractivity (Wildman–Crippen MR) is 81.8 cm³/mol. The van der Waals surface area contributed by atoms with E-state index >= 15 is 0 Å². The number of hydrogen-bond acceptors (Lipinski definition) is 2. The van der Waals surface area contributed by atoms with Gasteiger partial charge in [0.1, 0.15) is 0 Å². The number of methoxy groups -OCH3 is 1. The summed E-state index contributed by atoms with van der Waals surface area (Å²) in [5.74, 6) is 0.193. The van der Waals surface area contributed by atoms with E-state index < -0.39 is 0 Å². The van der Waals surface area contributed by atoms with Crippen molar-refractivity contribution in [2.24, 2.45) is 0 Å². The lowest BCUT2D eigenvalue weighted by Gasteiger charge is -2.21. The molecule has 0 saturated carbocycles. The molecule has 0 aliphatic carbocycles. The fourth-order valence-electron chi connectivity index (χ4n) is 1.94. The van der Waals surface area contributed by atoms with Crippen molar-refractivity contribution in [3.8, 4) is 0 Å². The predicted octanol–water partition coefficient (Wildman–Crippen LogP) is 2.80. The summed E-state index contributed by atoms with van der Waals surface area (Å²) >= 11 is 3.38. The van der Waals surface area contributed by atoms with E-state index in [0.29, 0.717) is 19.6 Å². The Balaban J connectivity index is 2.47. The highest BCUT2D eigenvalue weighted by Gasteiger charge is 2.12. The maximum atomic E-state index is 12.1. The number of alkyl halides is 1. The Morgan fingerprint density at radius 2 is 2.16 bits per heavy atom. The second-order valence-electron chi connectivity index (χ2n) is 4.55. The molecule has 1 aromatic carbocycles. The third-order valence-electron chi connectivity index (χ3n) is 2.98. The summed E-state index contributed by atoms with van der Waals surface area (Å²) in [5, 5.41) is 0.799. The van der Waals surface area contributed by atoms with Crippen molar-refractivity contribution >= 4 is 21.8 Å². The number of rotatable bonds is 8. The minimum Gasteiger partial charge on any atom is -0.383 e. The first-order valence-electron chi connectivity index (χ1n) is 6.55. The highest BCUT2D eigenvalue weighted by molar-refractivity contribution is 9.09. The molecule has 0 unspecified atom stereocenters. The zero-order valence-corrected chi connectivity index (χ0v) is 13.3. The number of benzene rings is 1. The molecule has 0 spiro atoms. The molecule has 1 aromatic rings. The van der Waals surface area contributed by atoms with Crippen molar-refractivity contribution in [2.75, 3.05) is 32.1 Å². The fraction of sp³-hybridized carbons (Fsp3) is 0.533. The molecular weight excluding hydrogens is 306 g/mol. The molecular formula is C15H22BrNO2. The van der Waals surface area contributed by atoms with Gasteiger partial charge in [-0.15, -0.1) is 0 Å². The Labute approximate surface area is 124 Å². The van der Waals surface area contributed by atoms with E-state index in [1.54, 1.807) is 7.11 Å². The average molecular weight is 328 g/mol. The molecule has 1 rings (SSSR count). The number of carbonyl (C=O) groups excluding carboxylic acids is 1. The molecule has 0 bridgehead atoms. The molecule has 3 nitrogen and oxygen atoms in total. The molecule has 1 amide bonds. The third-order valence-corrected chi connectivity index (χ3v) is 3.34. The van der Waals surface area contributed by atoms with E-state index in [9.17, 15) is 4.79 Å². The molecule has 0 aliphatic rings. The molecule has 19 heavy (non-hydrogen) atoms. The van der Waals surface area contributed by atoms with Gasteiger partial charge in [0.15, 0.2) is 0 Å². The van der Waals surface area contributed by atoms with E-state index in [0.717, 1.165) is 18.3 Å². The first-order chi connectivity index (χ1) is 9.17. The van der Waals surface area contributed by atoms with Crippen LogP contribution in [0.25, 0.3) is 0 Å². The third kappa shape index (κ3) is 6.21. The van der Waals surface area contributed by atoms with Crippen LogP contribution in [0.2, 0.25) is 0 Å². The smallest absolute Gasteiger partial charge is 0.223 e. The molecule has 0 radical (unpaired) electrons. The van der Waals surface area contributed by atoms with Crippen LogP contribution >= 0.6 is 15.9 Å². The van der Waals surface area contributed by atoms with Crippen LogP contribution < -0.4 is 0 Å². The van der Waals surface area contributed by atoms with Crippen LogP contribution in [0.5, 0.6) is 0 Å². The number of nitrogens with zero attached hydrogens (tertiary/aromatic N) is 1. The van der Waals surface area contributed by atoms with Gasteiger partial charge in [-0.2, -0.15) is 0 Å². The zero-order valence-electron chi connectivity index (χ0n) is 11.7. The number of ether oxygens (including phenoxy) is 1. The standard InChI is InChI=1S/C15H22BrNO2/c1-13-4-3-5-14(12-13)6-7-15(18)17(9-8-16)10-11-19-2/h3-5,12H,6-11H2,1-2H3. The first-order valence-corrected chi connectivity index (χ1v) is 7.67. The summed E-state index contributed by atoms with van der Waals surface area (Å²) in [6.45, 7) is 4.05. The lowest BCUT2D eigenvalue weighted by Crippen LogP contribution is -2.35. The topological polar surface area (TPSA) is 29.5 Å². The van der Waals surface area contributed by atoms with Crippen LogP contribution in [-0.2, 0) is 16.0 Å². The minimum atomic E-state index is 0.193. The first kappa shape index (κ1) is 16.2. The fourth-order valence-corrected chi connectivity index (χ4v) is 2.37. The number of aryl methyl sites for hydroxylation is 2. The highest BCUT2D eigenvalue weighted by atomic mass is 79.9. The van der Waals surface area contributed by atoms with E-state index in [2.05, 4.69) is 41.1 Å². The molecule has 0 heterocycles.